The number of sulfonamides is 1. The third-order valence-corrected chi connectivity index (χ3v) is 6.73. The van der Waals surface area contributed by atoms with Gasteiger partial charge in [0.2, 0.25) is 15.9 Å². The summed E-state index contributed by atoms with van der Waals surface area (Å²) in [6, 6.07) is 13.9. The van der Waals surface area contributed by atoms with Crippen molar-refractivity contribution >= 4 is 21.6 Å². The summed E-state index contributed by atoms with van der Waals surface area (Å²) >= 11 is 0. The summed E-state index contributed by atoms with van der Waals surface area (Å²) in [7, 11) is -2.16. The predicted octanol–water partition coefficient (Wildman–Crippen LogP) is 2.76. The average Bonchev–Trinajstić information content (AvgIpc) is 3.25. The lowest BCUT2D eigenvalue weighted by atomic mass is 10.1. The number of nitrogens with zero attached hydrogens (tertiary/aromatic N) is 2. The number of ether oxygens (including phenoxy) is 1. The Balaban J connectivity index is 1.63. The second-order valence-corrected chi connectivity index (χ2v) is 9.81. The van der Waals surface area contributed by atoms with Crippen LogP contribution in [0.25, 0.3) is 0 Å². The highest BCUT2D eigenvalue weighted by atomic mass is 32.2. The number of anilines is 1. The van der Waals surface area contributed by atoms with E-state index >= 15 is 0 Å². The molecule has 0 unspecified atom stereocenters. The topological polar surface area (TPSA) is 79.0 Å². The van der Waals surface area contributed by atoms with Gasteiger partial charge in [0, 0.05) is 19.2 Å². The van der Waals surface area contributed by atoms with Crippen LogP contribution in [-0.4, -0.2) is 51.7 Å². The number of benzene rings is 2. The van der Waals surface area contributed by atoms with E-state index in [1.807, 2.05) is 12.1 Å². The van der Waals surface area contributed by atoms with Gasteiger partial charge >= 0.3 is 0 Å². The van der Waals surface area contributed by atoms with Crippen molar-refractivity contribution in [1.29, 1.82) is 0 Å². The fourth-order valence-electron chi connectivity index (χ4n) is 3.85. The molecule has 168 valence electrons. The molecule has 1 aliphatic rings. The smallest absolute Gasteiger partial charge is 0.243 e. The highest BCUT2D eigenvalue weighted by Crippen LogP contribution is 2.25. The molecule has 0 saturated carbocycles. The molecule has 8 heteroatoms. The zero-order valence-corrected chi connectivity index (χ0v) is 19.2. The van der Waals surface area contributed by atoms with Gasteiger partial charge in [-0.3, -0.25) is 14.0 Å². The highest BCUT2D eigenvalue weighted by molar-refractivity contribution is 7.92. The number of amides is 1. The van der Waals surface area contributed by atoms with Gasteiger partial charge in [0.15, 0.2) is 0 Å². The zero-order valence-electron chi connectivity index (χ0n) is 18.4. The van der Waals surface area contributed by atoms with Crippen LogP contribution in [0, 0.1) is 0 Å². The Kier molecular flexibility index (Phi) is 7.56. The lowest BCUT2D eigenvalue weighted by Crippen LogP contribution is -2.47. The number of methoxy groups -OCH3 is 1. The van der Waals surface area contributed by atoms with Gasteiger partial charge in [-0.2, -0.15) is 0 Å². The fraction of sp³-hybridized carbons (Fsp3) is 0.435. The number of likely N-dealkylation sites (tertiary alicyclic amines) is 1. The third kappa shape index (κ3) is 6.21. The molecule has 0 radical (unpaired) electrons. The second-order valence-electron chi connectivity index (χ2n) is 7.95. The SMILES string of the molecule is COc1cccc(N([C@H](C)C(=O)NCc2ccc(CN3CCCC3)cc2)S(C)(=O)=O)c1. The molecule has 3 rings (SSSR count). The molecule has 7 nitrogen and oxygen atoms in total. The quantitative estimate of drug-likeness (QED) is 0.642. The summed E-state index contributed by atoms with van der Waals surface area (Å²) in [5.41, 5.74) is 2.61. The molecule has 0 aromatic heterocycles. The molecular weight excluding hydrogens is 414 g/mol. The molecule has 0 bridgehead atoms. The van der Waals surface area contributed by atoms with E-state index in [9.17, 15) is 13.2 Å². The number of rotatable bonds is 9. The molecule has 2 aromatic carbocycles. The molecule has 1 saturated heterocycles. The van der Waals surface area contributed by atoms with Crippen molar-refractivity contribution in [1.82, 2.24) is 10.2 Å². The number of carbonyl (C=O) groups excluding carboxylic acids is 1. The molecule has 1 N–H and O–H groups in total. The maximum Gasteiger partial charge on any atom is 0.243 e. The average molecular weight is 446 g/mol. The first-order valence-electron chi connectivity index (χ1n) is 10.5. The van der Waals surface area contributed by atoms with Crippen molar-refractivity contribution in [3.05, 3.63) is 59.7 Å². The largest absolute Gasteiger partial charge is 0.497 e. The van der Waals surface area contributed by atoms with E-state index in [-0.39, 0.29) is 5.91 Å². The van der Waals surface area contributed by atoms with Crippen LogP contribution in [0.15, 0.2) is 48.5 Å². The molecule has 0 aliphatic carbocycles. The molecule has 0 spiro atoms. The summed E-state index contributed by atoms with van der Waals surface area (Å²) in [6.45, 7) is 5.17. The van der Waals surface area contributed by atoms with Crippen molar-refractivity contribution in [3.8, 4) is 5.75 Å². The highest BCUT2D eigenvalue weighted by Gasteiger charge is 2.29. The molecule has 1 atom stereocenters. The maximum absolute atomic E-state index is 12.8. The van der Waals surface area contributed by atoms with Crippen LogP contribution in [0.5, 0.6) is 5.75 Å². The lowest BCUT2D eigenvalue weighted by Gasteiger charge is -2.28. The molecule has 1 heterocycles. The molecular formula is C23H31N3O4S. The standard InChI is InChI=1S/C23H31N3O4S/c1-18(26(31(3,28)29)21-7-6-8-22(15-21)30-2)23(27)24-16-19-9-11-20(12-10-19)17-25-13-4-5-14-25/h6-12,15,18H,4-5,13-14,16-17H2,1-3H3,(H,24,27)/t18-/m1/s1. The summed E-state index contributed by atoms with van der Waals surface area (Å²) in [4.78, 5) is 15.2. The predicted molar refractivity (Wildman–Crippen MR) is 123 cm³/mol. The Morgan fingerprint density at radius 2 is 1.77 bits per heavy atom. The third-order valence-electron chi connectivity index (χ3n) is 5.49. The monoisotopic (exact) mass is 445 g/mol. The Morgan fingerprint density at radius 1 is 1.13 bits per heavy atom. The van der Waals surface area contributed by atoms with E-state index in [1.54, 1.807) is 31.2 Å². The Bertz CT molecular complexity index is 986. The van der Waals surface area contributed by atoms with Crippen molar-refractivity contribution in [2.24, 2.45) is 0 Å². The van der Waals surface area contributed by atoms with Crippen molar-refractivity contribution in [3.63, 3.8) is 0 Å². The van der Waals surface area contributed by atoms with Crippen molar-refractivity contribution < 1.29 is 17.9 Å². The first-order valence-corrected chi connectivity index (χ1v) is 12.3. The van der Waals surface area contributed by atoms with E-state index in [0.717, 1.165) is 35.8 Å². The minimum Gasteiger partial charge on any atom is -0.497 e. The normalized spacial score (nSPS) is 15.5. The molecule has 31 heavy (non-hydrogen) atoms. The lowest BCUT2D eigenvalue weighted by molar-refractivity contribution is -0.122. The van der Waals surface area contributed by atoms with E-state index < -0.39 is 16.1 Å². The minimum absolute atomic E-state index is 0.336. The van der Waals surface area contributed by atoms with Crippen molar-refractivity contribution in [2.45, 2.75) is 38.9 Å². The van der Waals surface area contributed by atoms with Gasteiger partial charge in [0.05, 0.1) is 19.1 Å². The molecule has 1 amide bonds. The second kappa shape index (κ2) is 10.2. The number of nitrogens with one attached hydrogen (secondary N) is 1. The summed E-state index contributed by atoms with van der Waals surface area (Å²) in [5, 5.41) is 2.86. The summed E-state index contributed by atoms with van der Waals surface area (Å²) < 4.78 is 31.2. The molecule has 1 aliphatic heterocycles. The number of carbonyl (C=O) groups is 1. The van der Waals surface area contributed by atoms with Gasteiger partial charge in [-0.15, -0.1) is 0 Å². The van der Waals surface area contributed by atoms with E-state index in [0.29, 0.717) is 18.0 Å². The van der Waals surface area contributed by atoms with Gasteiger partial charge in [-0.05, 0) is 56.1 Å². The Labute approximate surface area is 185 Å². The number of hydrogen-bond acceptors (Lipinski definition) is 5. The fourth-order valence-corrected chi connectivity index (χ4v) is 5.02. The van der Waals surface area contributed by atoms with Gasteiger partial charge in [0.1, 0.15) is 11.8 Å². The Hall–Kier alpha value is -2.58. The summed E-state index contributed by atoms with van der Waals surface area (Å²) in [5.74, 6) is 0.155. The van der Waals surface area contributed by atoms with Crippen LogP contribution in [0.3, 0.4) is 0 Å². The number of hydrogen-bond donors (Lipinski definition) is 1. The molecule has 1 fully saturated rings. The molecule has 2 aromatic rings. The first kappa shape index (κ1) is 23.1. The first-order chi connectivity index (χ1) is 14.8. The summed E-state index contributed by atoms with van der Waals surface area (Å²) in [6.07, 6.45) is 3.63. The van der Waals surface area contributed by atoms with Crippen LogP contribution in [0.2, 0.25) is 0 Å². The van der Waals surface area contributed by atoms with Crippen LogP contribution in [0.4, 0.5) is 5.69 Å². The van der Waals surface area contributed by atoms with E-state index in [1.165, 1.54) is 25.5 Å². The Morgan fingerprint density at radius 3 is 2.39 bits per heavy atom. The van der Waals surface area contributed by atoms with Gasteiger partial charge in [-0.1, -0.05) is 30.3 Å². The van der Waals surface area contributed by atoms with E-state index in [2.05, 4.69) is 22.3 Å². The van der Waals surface area contributed by atoms with Crippen molar-refractivity contribution in [2.75, 3.05) is 30.8 Å². The van der Waals surface area contributed by atoms with Crippen LogP contribution in [-0.2, 0) is 27.9 Å². The maximum atomic E-state index is 12.8. The van der Waals surface area contributed by atoms with Crippen LogP contribution >= 0.6 is 0 Å². The minimum atomic E-state index is -3.68. The van der Waals surface area contributed by atoms with Gasteiger partial charge < -0.3 is 10.1 Å². The van der Waals surface area contributed by atoms with Crippen LogP contribution < -0.4 is 14.4 Å². The van der Waals surface area contributed by atoms with Gasteiger partial charge in [-0.25, -0.2) is 8.42 Å². The van der Waals surface area contributed by atoms with E-state index in [4.69, 9.17) is 4.74 Å². The van der Waals surface area contributed by atoms with Crippen LogP contribution in [0.1, 0.15) is 30.9 Å². The zero-order chi connectivity index (χ0) is 22.4. The van der Waals surface area contributed by atoms with Gasteiger partial charge in [0.25, 0.3) is 0 Å².